The fourth-order valence-electron chi connectivity index (χ4n) is 2.20. The van der Waals surface area contributed by atoms with Gasteiger partial charge in [-0.05, 0) is 26.3 Å². The zero-order valence-electron chi connectivity index (χ0n) is 11.2. The molecule has 1 aliphatic heterocycles. The van der Waals surface area contributed by atoms with Gasteiger partial charge < -0.3 is 9.47 Å². The molecule has 1 aromatic rings. The van der Waals surface area contributed by atoms with Gasteiger partial charge in [0, 0.05) is 0 Å². The number of ether oxygens (including phenoxy) is 2. The molecule has 1 saturated heterocycles. The average molecular weight is 286 g/mol. The summed E-state index contributed by atoms with van der Waals surface area (Å²) in [7, 11) is -4.27. The van der Waals surface area contributed by atoms with Crippen LogP contribution in [0.2, 0.25) is 0 Å². The third kappa shape index (κ3) is 3.33. The van der Waals surface area contributed by atoms with Gasteiger partial charge >= 0.3 is 0 Å². The monoisotopic (exact) mass is 286 g/mol. The minimum atomic E-state index is -4.27. The van der Waals surface area contributed by atoms with Crippen LogP contribution in [0.1, 0.15) is 30.2 Å². The minimum absolute atomic E-state index is 0.130. The van der Waals surface area contributed by atoms with Crippen molar-refractivity contribution in [2.75, 3.05) is 6.61 Å². The molecule has 6 heteroatoms. The van der Waals surface area contributed by atoms with Crippen LogP contribution in [0.3, 0.4) is 0 Å². The summed E-state index contributed by atoms with van der Waals surface area (Å²) in [5.74, 6) is -0.835. The fourth-order valence-corrected chi connectivity index (χ4v) is 3.22. The van der Waals surface area contributed by atoms with Crippen molar-refractivity contribution in [1.29, 1.82) is 0 Å². The molecule has 106 valence electrons. The van der Waals surface area contributed by atoms with Gasteiger partial charge in [-0.3, -0.25) is 4.55 Å². The number of hydrogen-bond donors (Lipinski definition) is 1. The van der Waals surface area contributed by atoms with E-state index in [-0.39, 0.29) is 6.61 Å². The zero-order valence-corrected chi connectivity index (χ0v) is 12.0. The van der Waals surface area contributed by atoms with Crippen LogP contribution in [0, 0.1) is 6.92 Å². The highest BCUT2D eigenvalue weighted by atomic mass is 32.2. The summed E-state index contributed by atoms with van der Waals surface area (Å²) in [6.45, 7) is 5.46. The summed E-state index contributed by atoms with van der Waals surface area (Å²) in [6, 6.07) is 6.97. The molecule has 0 bridgehead atoms. The summed E-state index contributed by atoms with van der Waals surface area (Å²) in [6.07, 6.45) is -0.715. The van der Waals surface area contributed by atoms with Crippen LogP contribution in [0.5, 0.6) is 0 Å². The molecule has 1 unspecified atom stereocenters. The molecule has 1 aliphatic rings. The van der Waals surface area contributed by atoms with Gasteiger partial charge in [0.05, 0.1) is 6.61 Å². The van der Waals surface area contributed by atoms with E-state index in [9.17, 15) is 13.0 Å². The fraction of sp³-hybridized carbons (Fsp3) is 0.538. The third-order valence-corrected chi connectivity index (χ3v) is 4.31. The standard InChI is InChI=1S/C13H18O5S/c1-9-4-6-10(7-5-9)12(19(14,15)16)11-8-17-13(2,3)18-11/h4-7,11-12H,8H2,1-3H3,(H,14,15,16)/t11-,12?/m0/s1. The Bertz CT molecular complexity index is 547. The second kappa shape index (κ2) is 4.86. The van der Waals surface area contributed by atoms with Crippen LogP contribution >= 0.6 is 0 Å². The quantitative estimate of drug-likeness (QED) is 0.861. The Kier molecular flexibility index (Phi) is 3.70. The Morgan fingerprint density at radius 1 is 1.32 bits per heavy atom. The maximum absolute atomic E-state index is 11.6. The lowest BCUT2D eigenvalue weighted by Gasteiger charge is -2.22. The highest BCUT2D eigenvalue weighted by molar-refractivity contribution is 7.86. The number of aryl methyl sites for hydroxylation is 1. The Balaban J connectivity index is 2.36. The van der Waals surface area contributed by atoms with Crippen LogP contribution in [0.4, 0.5) is 0 Å². The van der Waals surface area contributed by atoms with Gasteiger partial charge in [-0.25, -0.2) is 0 Å². The second-order valence-electron chi connectivity index (χ2n) is 5.21. The molecule has 2 atom stereocenters. The van der Waals surface area contributed by atoms with Crippen molar-refractivity contribution in [3.8, 4) is 0 Å². The minimum Gasteiger partial charge on any atom is -0.348 e. The lowest BCUT2D eigenvalue weighted by molar-refractivity contribution is -0.138. The van der Waals surface area contributed by atoms with Crippen molar-refractivity contribution >= 4 is 10.1 Å². The summed E-state index contributed by atoms with van der Waals surface area (Å²) >= 11 is 0. The van der Waals surface area contributed by atoms with Crippen LogP contribution in [0.25, 0.3) is 0 Å². The first-order valence-electron chi connectivity index (χ1n) is 6.04. The van der Waals surface area contributed by atoms with E-state index in [4.69, 9.17) is 9.47 Å². The van der Waals surface area contributed by atoms with Gasteiger partial charge in [0.15, 0.2) is 5.79 Å². The average Bonchev–Trinajstić information content (AvgIpc) is 2.60. The lowest BCUT2D eigenvalue weighted by Crippen LogP contribution is -2.30. The van der Waals surface area contributed by atoms with Crippen molar-refractivity contribution in [3.63, 3.8) is 0 Å². The van der Waals surface area contributed by atoms with Gasteiger partial charge in [-0.15, -0.1) is 0 Å². The number of hydrogen-bond acceptors (Lipinski definition) is 4. The Labute approximate surface area is 113 Å². The van der Waals surface area contributed by atoms with Gasteiger partial charge in [0.25, 0.3) is 10.1 Å². The summed E-state index contributed by atoms with van der Waals surface area (Å²) in [4.78, 5) is 0. The van der Waals surface area contributed by atoms with Crippen molar-refractivity contribution in [2.24, 2.45) is 0 Å². The molecule has 0 aromatic heterocycles. The summed E-state index contributed by atoms with van der Waals surface area (Å²) < 4.78 is 43.7. The SMILES string of the molecule is Cc1ccc(C([C@@H]2COC(C)(C)O2)S(=O)(=O)O)cc1. The van der Waals surface area contributed by atoms with Crippen LogP contribution < -0.4 is 0 Å². The molecule has 0 amide bonds. The highest BCUT2D eigenvalue weighted by Gasteiger charge is 2.43. The van der Waals surface area contributed by atoms with Crippen molar-refractivity contribution in [3.05, 3.63) is 35.4 Å². The smallest absolute Gasteiger partial charge is 0.274 e. The predicted molar refractivity (Wildman–Crippen MR) is 70.4 cm³/mol. The molecule has 1 N–H and O–H groups in total. The molecule has 0 radical (unpaired) electrons. The maximum atomic E-state index is 11.6. The van der Waals surface area contributed by atoms with Gasteiger partial charge in [-0.2, -0.15) is 8.42 Å². The van der Waals surface area contributed by atoms with E-state index in [0.717, 1.165) is 5.56 Å². The Hall–Kier alpha value is -0.950. The molecular formula is C13H18O5S. The van der Waals surface area contributed by atoms with Gasteiger partial charge in [0.2, 0.25) is 0 Å². The first-order valence-corrected chi connectivity index (χ1v) is 7.54. The van der Waals surface area contributed by atoms with Crippen molar-refractivity contribution in [2.45, 2.75) is 37.9 Å². The summed E-state index contributed by atoms with van der Waals surface area (Å²) in [5, 5.41) is -1.13. The first kappa shape index (κ1) is 14.5. The van der Waals surface area contributed by atoms with Crippen molar-refractivity contribution < 1.29 is 22.4 Å². The van der Waals surface area contributed by atoms with E-state index in [0.29, 0.717) is 5.56 Å². The molecular weight excluding hydrogens is 268 g/mol. The second-order valence-corrected chi connectivity index (χ2v) is 6.75. The van der Waals surface area contributed by atoms with E-state index in [1.807, 2.05) is 6.92 Å². The Morgan fingerprint density at radius 2 is 1.89 bits per heavy atom. The van der Waals surface area contributed by atoms with Crippen molar-refractivity contribution in [1.82, 2.24) is 0 Å². The summed E-state index contributed by atoms with van der Waals surface area (Å²) in [5.41, 5.74) is 1.51. The van der Waals surface area contributed by atoms with Crippen LogP contribution in [-0.2, 0) is 19.6 Å². The molecule has 2 rings (SSSR count). The van der Waals surface area contributed by atoms with E-state index >= 15 is 0 Å². The first-order chi connectivity index (χ1) is 8.69. The highest BCUT2D eigenvalue weighted by Crippen LogP contribution is 2.35. The molecule has 19 heavy (non-hydrogen) atoms. The normalized spacial score (nSPS) is 24.3. The van der Waals surface area contributed by atoms with Crippen LogP contribution in [0.15, 0.2) is 24.3 Å². The van der Waals surface area contributed by atoms with E-state index in [1.165, 1.54) is 0 Å². The molecule has 0 saturated carbocycles. The zero-order chi connectivity index (χ0) is 14.3. The molecule has 1 fully saturated rings. The van der Waals surface area contributed by atoms with Crippen LogP contribution in [-0.4, -0.2) is 31.5 Å². The lowest BCUT2D eigenvalue weighted by atomic mass is 10.1. The largest absolute Gasteiger partial charge is 0.348 e. The Morgan fingerprint density at radius 3 is 2.32 bits per heavy atom. The predicted octanol–water partition coefficient (Wildman–Crippen LogP) is 2.08. The van der Waals surface area contributed by atoms with Gasteiger partial charge in [0.1, 0.15) is 11.4 Å². The molecule has 1 heterocycles. The van der Waals surface area contributed by atoms with E-state index < -0.39 is 27.3 Å². The van der Waals surface area contributed by atoms with E-state index in [2.05, 4.69) is 0 Å². The van der Waals surface area contributed by atoms with E-state index in [1.54, 1.807) is 38.1 Å². The maximum Gasteiger partial charge on any atom is 0.274 e. The third-order valence-electron chi connectivity index (χ3n) is 3.09. The number of benzene rings is 1. The molecule has 1 aromatic carbocycles. The number of rotatable bonds is 3. The molecule has 0 aliphatic carbocycles. The van der Waals surface area contributed by atoms with Gasteiger partial charge in [-0.1, -0.05) is 29.8 Å². The molecule has 5 nitrogen and oxygen atoms in total. The topological polar surface area (TPSA) is 72.8 Å². The molecule has 0 spiro atoms.